The molecule has 1 rings (SSSR count). The molecule has 0 aliphatic rings. The molecule has 4 nitrogen and oxygen atoms in total. The van der Waals surface area contributed by atoms with E-state index in [4.69, 9.17) is 5.73 Å². The zero-order chi connectivity index (χ0) is 11.3. The van der Waals surface area contributed by atoms with Gasteiger partial charge in [-0.2, -0.15) is 0 Å². The fourth-order valence-electron chi connectivity index (χ4n) is 1.27. The summed E-state index contributed by atoms with van der Waals surface area (Å²) in [4.78, 5) is 11.4. The van der Waals surface area contributed by atoms with Gasteiger partial charge in [0.05, 0.1) is 5.69 Å². The number of rotatable bonds is 4. The maximum absolute atomic E-state index is 11.4. The van der Waals surface area contributed by atoms with Crippen molar-refractivity contribution < 1.29 is 4.79 Å². The fourth-order valence-corrected chi connectivity index (χ4v) is 1.27. The first-order chi connectivity index (χ1) is 7.15. The molecule has 1 amide bonds. The highest BCUT2D eigenvalue weighted by Crippen LogP contribution is 2.15. The van der Waals surface area contributed by atoms with Gasteiger partial charge in [0.15, 0.2) is 0 Å². The lowest BCUT2D eigenvalue weighted by Gasteiger charge is -2.21. The Morgan fingerprint density at radius 3 is 2.80 bits per heavy atom. The van der Waals surface area contributed by atoms with Gasteiger partial charge in [-0.05, 0) is 24.6 Å². The summed E-state index contributed by atoms with van der Waals surface area (Å²) in [5, 5.41) is 1.51. The molecule has 0 spiro atoms. The number of nitrogens with zero attached hydrogens (tertiary/aromatic N) is 1. The number of hydrogen-bond acceptors (Lipinski definition) is 3. The van der Waals surface area contributed by atoms with Crippen molar-refractivity contribution in [1.29, 1.82) is 0 Å². The Kier molecular flexibility index (Phi) is 4.12. The standard InChI is InChI=1S/C11H17N3O/c1-3-7-13-14(9(2)15)11-6-4-5-10(12)8-11/h4-6,8,13H,3,7,12H2,1-2H3. The van der Waals surface area contributed by atoms with Gasteiger partial charge in [-0.25, -0.2) is 10.4 Å². The number of nitrogen functional groups attached to an aromatic ring is 1. The van der Waals surface area contributed by atoms with E-state index >= 15 is 0 Å². The lowest BCUT2D eigenvalue weighted by molar-refractivity contribution is -0.117. The molecule has 0 atom stereocenters. The summed E-state index contributed by atoms with van der Waals surface area (Å²) < 4.78 is 0. The van der Waals surface area contributed by atoms with Crippen LogP contribution in [0.3, 0.4) is 0 Å². The van der Waals surface area contributed by atoms with Crippen LogP contribution in [0.5, 0.6) is 0 Å². The van der Waals surface area contributed by atoms with Crippen molar-refractivity contribution >= 4 is 17.3 Å². The molecule has 0 saturated carbocycles. The van der Waals surface area contributed by atoms with Crippen LogP contribution < -0.4 is 16.2 Å². The highest BCUT2D eigenvalue weighted by atomic mass is 16.2. The Balaban J connectivity index is 2.84. The van der Waals surface area contributed by atoms with Crippen molar-refractivity contribution in [3.05, 3.63) is 24.3 Å². The average molecular weight is 207 g/mol. The van der Waals surface area contributed by atoms with Gasteiger partial charge in [-0.1, -0.05) is 13.0 Å². The van der Waals surface area contributed by atoms with E-state index in [-0.39, 0.29) is 5.91 Å². The van der Waals surface area contributed by atoms with Crippen molar-refractivity contribution in [3.8, 4) is 0 Å². The van der Waals surface area contributed by atoms with E-state index in [1.165, 1.54) is 11.9 Å². The number of anilines is 2. The highest BCUT2D eigenvalue weighted by molar-refractivity contribution is 5.90. The lowest BCUT2D eigenvalue weighted by atomic mass is 10.3. The van der Waals surface area contributed by atoms with Gasteiger partial charge in [-0.3, -0.25) is 4.79 Å². The molecule has 0 bridgehead atoms. The average Bonchev–Trinajstić information content (AvgIpc) is 2.18. The monoisotopic (exact) mass is 207 g/mol. The van der Waals surface area contributed by atoms with Crippen LogP contribution in [0, 0.1) is 0 Å². The Hall–Kier alpha value is -1.55. The summed E-state index contributed by atoms with van der Waals surface area (Å²) >= 11 is 0. The molecule has 0 aliphatic carbocycles. The molecular weight excluding hydrogens is 190 g/mol. The zero-order valence-corrected chi connectivity index (χ0v) is 9.16. The molecule has 1 aromatic rings. The van der Waals surface area contributed by atoms with Crippen LogP contribution in [0.15, 0.2) is 24.3 Å². The summed E-state index contributed by atoms with van der Waals surface area (Å²) in [6, 6.07) is 7.24. The van der Waals surface area contributed by atoms with E-state index in [1.807, 2.05) is 19.1 Å². The first-order valence-electron chi connectivity index (χ1n) is 5.05. The number of nitrogens with one attached hydrogen (secondary N) is 1. The predicted octanol–water partition coefficient (Wildman–Crippen LogP) is 1.54. The zero-order valence-electron chi connectivity index (χ0n) is 9.16. The van der Waals surface area contributed by atoms with Gasteiger partial charge in [0.25, 0.3) is 0 Å². The second-order valence-corrected chi connectivity index (χ2v) is 3.36. The maximum atomic E-state index is 11.4. The van der Waals surface area contributed by atoms with E-state index in [9.17, 15) is 4.79 Å². The van der Waals surface area contributed by atoms with Crippen LogP contribution in [-0.2, 0) is 4.79 Å². The minimum Gasteiger partial charge on any atom is -0.399 e. The summed E-state index contributed by atoms with van der Waals surface area (Å²) in [7, 11) is 0. The minimum absolute atomic E-state index is 0.0472. The number of benzene rings is 1. The molecule has 3 N–H and O–H groups in total. The molecule has 4 heteroatoms. The van der Waals surface area contributed by atoms with E-state index < -0.39 is 0 Å². The third kappa shape index (κ3) is 3.25. The number of amides is 1. The smallest absolute Gasteiger partial charge is 0.238 e. The molecule has 0 heterocycles. The highest BCUT2D eigenvalue weighted by Gasteiger charge is 2.09. The van der Waals surface area contributed by atoms with E-state index in [2.05, 4.69) is 5.43 Å². The quantitative estimate of drug-likeness (QED) is 0.581. The Morgan fingerprint density at radius 1 is 1.53 bits per heavy atom. The number of carbonyl (C=O) groups excluding carboxylic acids is 1. The molecule has 0 aliphatic heterocycles. The van der Waals surface area contributed by atoms with Gasteiger partial charge >= 0.3 is 0 Å². The van der Waals surface area contributed by atoms with Crippen molar-refractivity contribution in [2.75, 3.05) is 17.3 Å². The van der Waals surface area contributed by atoms with Crippen LogP contribution in [0.1, 0.15) is 20.3 Å². The number of hydrogen-bond donors (Lipinski definition) is 2. The van der Waals surface area contributed by atoms with Crippen LogP contribution in [0.25, 0.3) is 0 Å². The van der Waals surface area contributed by atoms with Crippen LogP contribution in [0.2, 0.25) is 0 Å². The van der Waals surface area contributed by atoms with E-state index in [0.29, 0.717) is 5.69 Å². The molecule has 82 valence electrons. The topological polar surface area (TPSA) is 58.4 Å². The number of nitrogens with two attached hydrogens (primary N) is 1. The van der Waals surface area contributed by atoms with Gasteiger partial charge in [0.2, 0.25) is 5.91 Å². The Bertz CT molecular complexity index is 338. The van der Waals surface area contributed by atoms with Gasteiger partial charge in [-0.15, -0.1) is 0 Å². The van der Waals surface area contributed by atoms with Crippen molar-refractivity contribution in [3.63, 3.8) is 0 Å². The second-order valence-electron chi connectivity index (χ2n) is 3.36. The Labute approximate surface area is 90.0 Å². The fraction of sp³-hybridized carbons (Fsp3) is 0.364. The molecule has 0 unspecified atom stereocenters. The Morgan fingerprint density at radius 2 is 2.27 bits per heavy atom. The van der Waals surface area contributed by atoms with Gasteiger partial charge in [0, 0.05) is 19.2 Å². The van der Waals surface area contributed by atoms with E-state index in [1.54, 1.807) is 12.1 Å². The largest absolute Gasteiger partial charge is 0.399 e. The molecular formula is C11H17N3O. The van der Waals surface area contributed by atoms with Crippen molar-refractivity contribution in [2.45, 2.75) is 20.3 Å². The summed E-state index contributed by atoms with van der Waals surface area (Å²) in [6.45, 7) is 4.32. The summed E-state index contributed by atoms with van der Waals surface area (Å²) in [5.74, 6) is -0.0472. The van der Waals surface area contributed by atoms with Crippen LogP contribution in [-0.4, -0.2) is 12.5 Å². The SMILES string of the molecule is CCCNN(C(C)=O)c1cccc(N)c1. The molecule has 0 aromatic heterocycles. The van der Waals surface area contributed by atoms with Gasteiger partial charge < -0.3 is 5.73 Å². The predicted molar refractivity (Wildman–Crippen MR) is 62.3 cm³/mol. The van der Waals surface area contributed by atoms with Crippen molar-refractivity contribution in [1.82, 2.24) is 5.43 Å². The first kappa shape index (κ1) is 11.5. The molecule has 0 saturated heterocycles. The number of carbonyl (C=O) groups is 1. The maximum Gasteiger partial charge on any atom is 0.238 e. The second kappa shape index (κ2) is 5.36. The summed E-state index contributed by atoms with van der Waals surface area (Å²) in [6.07, 6.45) is 0.964. The first-order valence-corrected chi connectivity index (χ1v) is 5.05. The minimum atomic E-state index is -0.0472. The molecule has 15 heavy (non-hydrogen) atoms. The summed E-state index contributed by atoms with van der Waals surface area (Å²) in [5.41, 5.74) is 10.1. The van der Waals surface area contributed by atoms with Gasteiger partial charge in [0.1, 0.15) is 0 Å². The third-order valence-corrected chi connectivity index (χ3v) is 1.96. The van der Waals surface area contributed by atoms with Crippen LogP contribution in [0.4, 0.5) is 11.4 Å². The van der Waals surface area contributed by atoms with Crippen molar-refractivity contribution in [2.24, 2.45) is 0 Å². The molecule has 0 radical (unpaired) electrons. The number of hydrazine groups is 1. The van der Waals surface area contributed by atoms with E-state index in [0.717, 1.165) is 18.7 Å². The van der Waals surface area contributed by atoms with Crippen LogP contribution >= 0.6 is 0 Å². The molecule has 0 fully saturated rings. The lowest BCUT2D eigenvalue weighted by Crippen LogP contribution is -2.42. The third-order valence-electron chi connectivity index (χ3n) is 1.96. The normalized spacial score (nSPS) is 10.0. The molecule has 1 aromatic carbocycles.